The van der Waals surface area contributed by atoms with Crippen molar-refractivity contribution in [2.75, 3.05) is 80.2 Å². The number of carbonyl (C=O) groups excluding carboxylic acids is 1. The highest BCUT2D eigenvalue weighted by Gasteiger charge is 2.30. The van der Waals surface area contributed by atoms with Gasteiger partial charge in [-0.05, 0) is 42.8 Å². The summed E-state index contributed by atoms with van der Waals surface area (Å²) in [6, 6.07) is 11.2. The molecule has 0 spiro atoms. The Morgan fingerprint density at radius 2 is 1.70 bits per heavy atom. The van der Waals surface area contributed by atoms with Crippen molar-refractivity contribution >= 4 is 43.4 Å². The van der Waals surface area contributed by atoms with E-state index in [0.29, 0.717) is 57.5 Å². The summed E-state index contributed by atoms with van der Waals surface area (Å²) in [7, 11) is -6.25. The van der Waals surface area contributed by atoms with Gasteiger partial charge in [-0.15, -0.1) is 0 Å². The maximum absolute atomic E-state index is 13.5. The van der Waals surface area contributed by atoms with Crippen LogP contribution in [-0.2, 0) is 26.6 Å². The molecular formula is C29H39N11O5S2. The SMILES string of the molecule is Cc1cc(C#N)nc(N2CCN(S(=O)(=O)c3ccc(NC(=O)c4cc(CN(CCN)CCN)ccc4N(C)S(C)(=O)=O)nc3)CC2)n1. The van der Waals surface area contributed by atoms with Crippen molar-refractivity contribution in [1.29, 1.82) is 5.26 Å². The summed E-state index contributed by atoms with van der Waals surface area (Å²) in [6.07, 6.45) is 2.20. The first-order valence-electron chi connectivity index (χ1n) is 14.7. The summed E-state index contributed by atoms with van der Waals surface area (Å²) in [5.41, 5.74) is 13.3. The Labute approximate surface area is 275 Å². The van der Waals surface area contributed by atoms with E-state index in [1.165, 1.54) is 23.5 Å². The highest BCUT2D eigenvalue weighted by molar-refractivity contribution is 7.92. The van der Waals surface area contributed by atoms with Gasteiger partial charge in [0, 0.05) is 77.8 Å². The van der Waals surface area contributed by atoms with Gasteiger partial charge in [0.05, 0.1) is 17.5 Å². The fourth-order valence-electron chi connectivity index (χ4n) is 5.03. The summed E-state index contributed by atoms with van der Waals surface area (Å²) in [4.78, 5) is 30.1. The zero-order chi connectivity index (χ0) is 34.4. The van der Waals surface area contributed by atoms with Gasteiger partial charge in [0.1, 0.15) is 22.5 Å². The molecule has 0 radical (unpaired) electrons. The number of benzene rings is 1. The lowest BCUT2D eigenvalue weighted by molar-refractivity contribution is 0.102. The molecule has 0 aliphatic carbocycles. The molecule has 0 saturated carbocycles. The predicted octanol–water partition coefficient (Wildman–Crippen LogP) is -0.0699. The van der Waals surface area contributed by atoms with Crippen LogP contribution in [-0.4, -0.2) is 113 Å². The Bertz CT molecular complexity index is 1830. The van der Waals surface area contributed by atoms with Crippen LogP contribution < -0.4 is 26.0 Å². The Morgan fingerprint density at radius 1 is 1.02 bits per heavy atom. The molecule has 1 saturated heterocycles. The van der Waals surface area contributed by atoms with Crippen molar-refractivity contribution in [2.24, 2.45) is 11.5 Å². The number of anilines is 3. The molecule has 1 amide bonds. The Hall–Kier alpha value is -4.25. The lowest BCUT2D eigenvalue weighted by Crippen LogP contribution is -2.49. The van der Waals surface area contributed by atoms with Gasteiger partial charge in [0.15, 0.2) is 0 Å². The van der Waals surface area contributed by atoms with Crippen molar-refractivity contribution in [1.82, 2.24) is 24.2 Å². The third-order valence-corrected chi connectivity index (χ3v) is 10.6. The first-order chi connectivity index (χ1) is 22.3. The van der Waals surface area contributed by atoms with Crippen molar-refractivity contribution < 1.29 is 21.6 Å². The molecule has 3 aromatic rings. The molecule has 252 valence electrons. The van der Waals surface area contributed by atoms with Crippen molar-refractivity contribution in [3.63, 3.8) is 0 Å². The molecule has 2 aromatic heterocycles. The van der Waals surface area contributed by atoms with E-state index >= 15 is 0 Å². The third kappa shape index (κ3) is 8.77. The average molecular weight is 686 g/mol. The number of aryl methyl sites for hydroxylation is 1. The van der Waals surface area contributed by atoms with Crippen LogP contribution in [0.5, 0.6) is 0 Å². The second-order valence-electron chi connectivity index (χ2n) is 11.0. The summed E-state index contributed by atoms with van der Waals surface area (Å²) in [6.45, 7) is 5.20. The lowest BCUT2D eigenvalue weighted by Gasteiger charge is -2.34. The number of amides is 1. The fourth-order valence-corrected chi connectivity index (χ4v) is 6.91. The van der Waals surface area contributed by atoms with Crippen LogP contribution in [0.15, 0.2) is 47.5 Å². The molecule has 1 aromatic carbocycles. The van der Waals surface area contributed by atoms with Gasteiger partial charge in [0.25, 0.3) is 5.91 Å². The fraction of sp³-hybridized carbons (Fsp3) is 0.414. The number of nitriles is 1. The number of carbonyl (C=O) groups is 1. The van der Waals surface area contributed by atoms with Crippen molar-refractivity contribution in [3.05, 3.63) is 65.1 Å². The van der Waals surface area contributed by atoms with Crippen LogP contribution >= 0.6 is 0 Å². The number of piperazine rings is 1. The molecule has 0 atom stereocenters. The maximum atomic E-state index is 13.5. The van der Waals surface area contributed by atoms with E-state index in [4.69, 9.17) is 11.5 Å². The molecular weight excluding hydrogens is 647 g/mol. The third-order valence-electron chi connectivity index (χ3n) is 7.53. The Kier molecular flexibility index (Phi) is 11.4. The summed E-state index contributed by atoms with van der Waals surface area (Å²) < 4.78 is 53.8. The molecule has 0 unspecified atom stereocenters. The first kappa shape index (κ1) is 35.6. The quantitative estimate of drug-likeness (QED) is 0.215. The van der Waals surface area contributed by atoms with Gasteiger partial charge in [-0.3, -0.25) is 14.0 Å². The van der Waals surface area contributed by atoms with Gasteiger partial charge in [-0.1, -0.05) is 6.07 Å². The number of nitrogens with one attached hydrogen (secondary N) is 1. The van der Waals surface area contributed by atoms with Crippen LogP contribution in [0.2, 0.25) is 0 Å². The smallest absolute Gasteiger partial charge is 0.258 e. The molecule has 0 bridgehead atoms. The average Bonchev–Trinajstić information content (AvgIpc) is 3.04. The minimum Gasteiger partial charge on any atom is -0.338 e. The maximum Gasteiger partial charge on any atom is 0.258 e. The standard InChI is InChI=1S/C29H39N11O5S2/c1-21-16-23(18-32)35-29(34-21)39-12-14-40(15-13-39)47(44,45)24-5-7-27(33-19-24)36-28(41)25-17-22(20-38(10-8-30)11-9-31)4-6-26(25)37(2)46(3,42)43/h4-7,16-17,19H,8-15,20,30-31H2,1-3H3,(H,33,36,41). The lowest BCUT2D eigenvalue weighted by atomic mass is 10.1. The molecule has 5 N–H and O–H groups in total. The van der Waals surface area contributed by atoms with Crippen LogP contribution in [0.1, 0.15) is 27.3 Å². The highest BCUT2D eigenvalue weighted by atomic mass is 32.2. The number of nitrogens with two attached hydrogens (primary N) is 2. The first-order valence-corrected chi connectivity index (χ1v) is 18.0. The van der Waals surface area contributed by atoms with Gasteiger partial charge >= 0.3 is 0 Å². The Balaban J connectivity index is 1.49. The van der Waals surface area contributed by atoms with Crippen LogP contribution in [0.25, 0.3) is 0 Å². The topological polar surface area (TPSA) is 225 Å². The second kappa shape index (κ2) is 15.1. The van der Waals surface area contributed by atoms with Gasteiger partial charge in [-0.25, -0.2) is 31.8 Å². The monoisotopic (exact) mass is 685 g/mol. The van der Waals surface area contributed by atoms with Gasteiger partial charge in [-0.2, -0.15) is 9.57 Å². The zero-order valence-corrected chi connectivity index (χ0v) is 28.1. The van der Waals surface area contributed by atoms with E-state index in [0.717, 1.165) is 22.3 Å². The molecule has 1 aliphatic heterocycles. The van der Waals surface area contributed by atoms with E-state index in [9.17, 15) is 26.9 Å². The second-order valence-corrected chi connectivity index (χ2v) is 14.9. The van der Waals surface area contributed by atoms with E-state index in [-0.39, 0.29) is 40.7 Å². The largest absolute Gasteiger partial charge is 0.338 e. The normalized spacial score (nSPS) is 14.2. The molecule has 4 rings (SSSR count). The minimum absolute atomic E-state index is 0.0538. The summed E-state index contributed by atoms with van der Waals surface area (Å²) in [5.74, 6) is -0.172. The number of pyridine rings is 1. The molecule has 1 fully saturated rings. The Morgan fingerprint density at radius 3 is 2.28 bits per heavy atom. The molecule has 18 heteroatoms. The van der Waals surface area contributed by atoms with Crippen LogP contribution in [0.3, 0.4) is 0 Å². The van der Waals surface area contributed by atoms with Crippen molar-refractivity contribution in [2.45, 2.75) is 18.4 Å². The molecule has 47 heavy (non-hydrogen) atoms. The van der Waals surface area contributed by atoms with Gasteiger partial charge < -0.3 is 21.7 Å². The molecule has 16 nitrogen and oxygen atoms in total. The highest BCUT2D eigenvalue weighted by Crippen LogP contribution is 2.26. The number of hydrogen-bond acceptors (Lipinski definition) is 13. The number of sulfonamides is 2. The van der Waals surface area contributed by atoms with Crippen molar-refractivity contribution in [3.8, 4) is 6.07 Å². The van der Waals surface area contributed by atoms with E-state index in [1.54, 1.807) is 31.2 Å². The van der Waals surface area contributed by atoms with Gasteiger partial charge in [0.2, 0.25) is 26.0 Å². The molecule has 1 aliphatic rings. The predicted molar refractivity (Wildman–Crippen MR) is 178 cm³/mol. The van der Waals surface area contributed by atoms with E-state index in [2.05, 4.69) is 20.3 Å². The minimum atomic E-state index is -3.90. The molecule has 3 heterocycles. The summed E-state index contributed by atoms with van der Waals surface area (Å²) >= 11 is 0. The van der Waals surface area contributed by atoms with Crippen LogP contribution in [0, 0.1) is 18.3 Å². The number of aromatic nitrogens is 3. The number of rotatable bonds is 13. The van der Waals surface area contributed by atoms with E-state index < -0.39 is 26.0 Å². The number of nitrogens with zero attached hydrogens (tertiary/aromatic N) is 8. The zero-order valence-electron chi connectivity index (χ0n) is 26.5. The van der Waals surface area contributed by atoms with Crippen LogP contribution in [0.4, 0.5) is 17.5 Å². The number of hydrogen-bond donors (Lipinski definition) is 3. The summed E-state index contributed by atoms with van der Waals surface area (Å²) in [5, 5.41) is 11.9. The van der Waals surface area contributed by atoms with E-state index in [1.807, 2.05) is 15.9 Å².